The summed E-state index contributed by atoms with van der Waals surface area (Å²) in [5, 5.41) is 9.79. The molecule has 0 bridgehead atoms. The molecule has 0 fully saturated rings. The Kier molecular flexibility index (Phi) is 2.66. The lowest BCUT2D eigenvalue weighted by atomic mass is 10.2. The van der Waals surface area contributed by atoms with Gasteiger partial charge >= 0.3 is 6.18 Å². The molecule has 7 heteroatoms. The molecule has 1 aromatic carbocycles. The molecule has 0 aromatic heterocycles. The number of nitro benzene ring substituents is 1. The third kappa shape index (κ3) is 2.14. The van der Waals surface area contributed by atoms with E-state index < -0.39 is 27.4 Å². The van der Waals surface area contributed by atoms with Gasteiger partial charge in [0.25, 0.3) is 5.69 Å². The smallest absolute Gasteiger partial charge is 0.258 e. The zero-order valence-electron chi connectivity index (χ0n) is 6.43. The molecular weight excluding hydrogens is 223 g/mol. The van der Waals surface area contributed by atoms with Gasteiger partial charge < -0.3 is 0 Å². The number of benzene rings is 1. The zero-order valence-corrected chi connectivity index (χ0v) is 7.19. The minimum Gasteiger partial charge on any atom is -0.258 e. The average Bonchev–Trinajstić information content (AvgIpc) is 2.02. The van der Waals surface area contributed by atoms with E-state index in [1.807, 2.05) is 6.07 Å². The maximum Gasteiger partial charge on any atom is 0.416 e. The maximum atomic E-state index is 12.1. The van der Waals surface area contributed by atoms with E-state index in [1.54, 1.807) is 0 Å². The Labute approximate surface area is 81.2 Å². The van der Waals surface area contributed by atoms with Gasteiger partial charge in [0.2, 0.25) is 0 Å². The molecule has 0 aliphatic carbocycles. The summed E-state index contributed by atoms with van der Waals surface area (Å²) in [5.74, 6) is 0. The van der Waals surface area contributed by atoms with Crippen molar-refractivity contribution in [1.29, 1.82) is 0 Å². The monoisotopic (exact) mass is 224 g/mol. The van der Waals surface area contributed by atoms with Crippen molar-refractivity contribution in [3.8, 4) is 0 Å². The Morgan fingerprint density at radius 2 is 2.07 bits per heavy atom. The van der Waals surface area contributed by atoms with Crippen molar-refractivity contribution in [2.45, 2.75) is 6.18 Å². The summed E-state index contributed by atoms with van der Waals surface area (Å²) in [4.78, 5) is 9.24. The third-order valence-corrected chi connectivity index (χ3v) is 1.70. The highest BCUT2D eigenvalue weighted by molar-refractivity contribution is 6.32. The summed E-state index contributed by atoms with van der Waals surface area (Å²) < 4.78 is 36.2. The molecule has 0 atom stereocenters. The largest absolute Gasteiger partial charge is 0.416 e. The molecule has 0 saturated heterocycles. The van der Waals surface area contributed by atoms with E-state index in [9.17, 15) is 23.3 Å². The maximum absolute atomic E-state index is 12.1. The van der Waals surface area contributed by atoms with Crippen LogP contribution in [0.4, 0.5) is 18.9 Å². The van der Waals surface area contributed by atoms with Crippen molar-refractivity contribution in [2.75, 3.05) is 0 Å². The van der Waals surface area contributed by atoms with Gasteiger partial charge in [-0.2, -0.15) is 13.2 Å². The van der Waals surface area contributed by atoms with Crippen LogP contribution in [-0.4, -0.2) is 4.92 Å². The van der Waals surface area contributed by atoms with E-state index in [2.05, 4.69) is 0 Å². The van der Waals surface area contributed by atoms with Gasteiger partial charge in [0, 0.05) is 12.1 Å². The number of hydrogen-bond acceptors (Lipinski definition) is 2. The number of rotatable bonds is 1. The molecule has 1 radical (unpaired) electrons. The Morgan fingerprint density at radius 3 is 2.50 bits per heavy atom. The van der Waals surface area contributed by atoms with Crippen molar-refractivity contribution in [2.24, 2.45) is 0 Å². The Balaban J connectivity index is 3.27. The Bertz CT molecular complexity index is 378. The lowest BCUT2D eigenvalue weighted by Crippen LogP contribution is -2.05. The third-order valence-electron chi connectivity index (χ3n) is 1.40. The lowest BCUT2D eigenvalue weighted by Gasteiger charge is -2.05. The molecule has 0 spiro atoms. The van der Waals surface area contributed by atoms with Gasteiger partial charge in [-0.25, -0.2) is 0 Å². The summed E-state index contributed by atoms with van der Waals surface area (Å²) in [7, 11) is 0. The van der Waals surface area contributed by atoms with E-state index in [-0.39, 0.29) is 0 Å². The van der Waals surface area contributed by atoms with Crippen LogP contribution < -0.4 is 0 Å². The molecule has 0 heterocycles. The van der Waals surface area contributed by atoms with Gasteiger partial charge in [-0.05, 0) is 6.07 Å². The van der Waals surface area contributed by atoms with Gasteiger partial charge in [0.1, 0.15) is 5.02 Å². The van der Waals surface area contributed by atoms with E-state index in [4.69, 9.17) is 11.6 Å². The molecule has 14 heavy (non-hydrogen) atoms. The van der Waals surface area contributed by atoms with Crippen molar-refractivity contribution >= 4 is 17.3 Å². The quantitative estimate of drug-likeness (QED) is 0.543. The van der Waals surface area contributed by atoms with Crippen LogP contribution in [0.5, 0.6) is 0 Å². The minimum atomic E-state index is -4.63. The highest BCUT2D eigenvalue weighted by atomic mass is 35.5. The van der Waals surface area contributed by atoms with E-state index >= 15 is 0 Å². The minimum absolute atomic E-state index is 0.374. The van der Waals surface area contributed by atoms with E-state index in [1.165, 1.54) is 0 Å². The van der Waals surface area contributed by atoms with Crippen LogP contribution in [0.15, 0.2) is 12.1 Å². The normalized spacial score (nSPS) is 11.4. The summed E-state index contributed by atoms with van der Waals surface area (Å²) in [6.07, 6.45) is -4.63. The van der Waals surface area contributed by atoms with Crippen LogP contribution in [0.25, 0.3) is 0 Å². The molecular formula is C7H2ClF3NO2. The first kappa shape index (κ1) is 10.8. The van der Waals surface area contributed by atoms with E-state index in [0.29, 0.717) is 12.1 Å². The molecule has 1 rings (SSSR count). The molecule has 1 aromatic rings. The summed E-state index contributed by atoms with van der Waals surface area (Å²) in [6, 6.07) is 2.90. The molecule has 0 N–H and O–H groups in total. The number of hydrogen-bond donors (Lipinski definition) is 0. The van der Waals surface area contributed by atoms with Crippen molar-refractivity contribution in [1.82, 2.24) is 0 Å². The first-order chi connectivity index (χ1) is 6.32. The molecule has 0 amide bonds. The van der Waals surface area contributed by atoms with Crippen LogP contribution in [0.1, 0.15) is 5.56 Å². The second-order valence-corrected chi connectivity index (χ2v) is 2.72. The lowest BCUT2D eigenvalue weighted by molar-refractivity contribution is -0.385. The second kappa shape index (κ2) is 3.45. The van der Waals surface area contributed by atoms with Crippen LogP contribution in [0, 0.1) is 16.2 Å². The van der Waals surface area contributed by atoms with Gasteiger partial charge in [0.15, 0.2) is 0 Å². The Hall–Kier alpha value is -1.30. The van der Waals surface area contributed by atoms with Gasteiger partial charge in [-0.15, -0.1) is 0 Å². The molecule has 0 aliphatic rings. The fourth-order valence-electron chi connectivity index (χ4n) is 0.764. The first-order valence-corrected chi connectivity index (χ1v) is 3.63. The standard InChI is InChI=1S/C7H2ClF3NO2/c8-5-2-1-4(7(9,10)11)3-6(5)12(13)14/h1,3H. The average molecular weight is 225 g/mol. The van der Waals surface area contributed by atoms with Crippen molar-refractivity contribution in [3.05, 3.63) is 38.9 Å². The molecule has 3 nitrogen and oxygen atoms in total. The number of halogens is 4. The van der Waals surface area contributed by atoms with Crippen LogP contribution in [0.3, 0.4) is 0 Å². The fraction of sp³-hybridized carbons (Fsp3) is 0.143. The van der Waals surface area contributed by atoms with Crippen LogP contribution in [0.2, 0.25) is 5.02 Å². The SMILES string of the molecule is O=[N+]([O-])c1cc(C(F)(F)F)c[c]c1Cl. The summed E-state index contributed by atoms with van der Waals surface area (Å²) in [6.45, 7) is 0. The highest BCUT2D eigenvalue weighted by Crippen LogP contribution is 2.34. The van der Waals surface area contributed by atoms with Gasteiger partial charge in [-0.3, -0.25) is 10.1 Å². The molecule has 75 valence electrons. The zero-order chi connectivity index (χ0) is 10.9. The topological polar surface area (TPSA) is 43.1 Å². The number of nitrogens with zero attached hydrogens (tertiary/aromatic N) is 1. The molecule has 0 saturated carbocycles. The van der Waals surface area contributed by atoms with Crippen molar-refractivity contribution in [3.63, 3.8) is 0 Å². The summed E-state index contributed by atoms with van der Waals surface area (Å²) in [5.41, 5.74) is -1.95. The second-order valence-electron chi connectivity index (χ2n) is 2.34. The predicted octanol–water partition coefficient (Wildman–Crippen LogP) is 3.07. The summed E-state index contributed by atoms with van der Waals surface area (Å²) >= 11 is 5.28. The molecule has 0 unspecified atom stereocenters. The molecule has 0 aliphatic heterocycles. The van der Waals surface area contributed by atoms with Gasteiger partial charge in [0.05, 0.1) is 10.5 Å². The first-order valence-electron chi connectivity index (χ1n) is 3.25. The van der Waals surface area contributed by atoms with E-state index in [0.717, 1.165) is 0 Å². The van der Waals surface area contributed by atoms with Crippen LogP contribution >= 0.6 is 11.6 Å². The number of alkyl halides is 3. The Morgan fingerprint density at radius 1 is 1.50 bits per heavy atom. The van der Waals surface area contributed by atoms with Gasteiger partial charge in [-0.1, -0.05) is 11.6 Å². The van der Waals surface area contributed by atoms with Crippen LogP contribution in [-0.2, 0) is 6.18 Å². The van der Waals surface area contributed by atoms with Crippen molar-refractivity contribution < 1.29 is 18.1 Å². The fourth-order valence-corrected chi connectivity index (χ4v) is 0.942. The highest BCUT2D eigenvalue weighted by Gasteiger charge is 2.32. The predicted molar refractivity (Wildman–Crippen MR) is 41.9 cm³/mol. The number of nitro groups is 1.